The molecule has 0 spiro atoms. The highest BCUT2D eigenvalue weighted by atomic mass is 16.5. The monoisotopic (exact) mass is 280 g/mol. The van der Waals surface area contributed by atoms with Crippen molar-refractivity contribution in [3.63, 3.8) is 0 Å². The van der Waals surface area contributed by atoms with E-state index < -0.39 is 6.10 Å². The second kappa shape index (κ2) is 6.20. The molecule has 112 valence electrons. The molecule has 1 aromatic heterocycles. The molecule has 2 fully saturated rings. The lowest BCUT2D eigenvalue weighted by Gasteiger charge is -2.37. The third-order valence-corrected chi connectivity index (χ3v) is 4.37. The van der Waals surface area contributed by atoms with Crippen molar-refractivity contribution >= 4 is 0 Å². The molecule has 6 nitrogen and oxygen atoms in total. The van der Waals surface area contributed by atoms with Gasteiger partial charge in [-0.2, -0.15) is 5.10 Å². The quantitative estimate of drug-likeness (QED) is 0.848. The molecule has 20 heavy (non-hydrogen) atoms. The molecule has 2 saturated heterocycles. The molecule has 2 aliphatic rings. The first kappa shape index (κ1) is 14.0. The summed E-state index contributed by atoms with van der Waals surface area (Å²) >= 11 is 0. The lowest BCUT2D eigenvalue weighted by atomic mass is 10.1. The number of hydrogen-bond acceptors (Lipinski definition) is 5. The minimum Gasteiger partial charge on any atom is -0.390 e. The maximum Gasteiger partial charge on any atom is 0.138 e. The van der Waals surface area contributed by atoms with Crippen LogP contribution in [0.1, 0.15) is 32.0 Å². The molecule has 0 saturated carbocycles. The molecule has 0 aliphatic carbocycles. The molecule has 1 aromatic rings. The van der Waals surface area contributed by atoms with E-state index in [1.165, 1.54) is 12.8 Å². The number of aromatic nitrogens is 3. The summed E-state index contributed by atoms with van der Waals surface area (Å²) in [6, 6.07) is 0.571. The topological polar surface area (TPSA) is 63.4 Å². The molecule has 0 radical (unpaired) electrons. The summed E-state index contributed by atoms with van der Waals surface area (Å²) in [6.45, 7) is 5.70. The van der Waals surface area contributed by atoms with Gasteiger partial charge in [0.15, 0.2) is 0 Å². The van der Waals surface area contributed by atoms with Crippen LogP contribution in [0.4, 0.5) is 0 Å². The minimum absolute atomic E-state index is 0.101. The van der Waals surface area contributed by atoms with Gasteiger partial charge < -0.3 is 9.84 Å². The van der Waals surface area contributed by atoms with E-state index in [0.717, 1.165) is 38.5 Å². The van der Waals surface area contributed by atoms with Gasteiger partial charge >= 0.3 is 0 Å². The highest BCUT2D eigenvalue weighted by Crippen LogP contribution is 2.24. The zero-order chi connectivity index (χ0) is 13.9. The fourth-order valence-corrected chi connectivity index (χ4v) is 3.24. The first-order valence-corrected chi connectivity index (χ1v) is 7.68. The van der Waals surface area contributed by atoms with Crippen LogP contribution in [0.2, 0.25) is 0 Å². The summed E-state index contributed by atoms with van der Waals surface area (Å²) in [5, 5.41) is 14.6. The Morgan fingerprint density at radius 3 is 3.30 bits per heavy atom. The number of nitrogens with zero attached hydrogens (tertiary/aromatic N) is 4. The van der Waals surface area contributed by atoms with Gasteiger partial charge in [-0.15, -0.1) is 0 Å². The molecule has 3 rings (SSSR count). The third-order valence-electron chi connectivity index (χ3n) is 4.37. The Labute approximate surface area is 119 Å². The first-order chi connectivity index (χ1) is 9.78. The smallest absolute Gasteiger partial charge is 0.138 e. The van der Waals surface area contributed by atoms with Gasteiger partial charge in [-0.3, -0.25) is 9.58 Å². The molecule has 0 amide bonds. The van der Waals surface area contributed by atoms with Gasteiger partial charge in [-0.1, -0.05) is 6.92 Å². The van der Waals surface area contributed by atoms with Crippen LogP contribution in [0.5, 0.6) is 0 Å². The van der Waals surface area contributed by atoms with Crippen molar-refractivity contribution in [2.75, 3.05) is 19.7 Å². The van der Waals surface area contributed by atoms with Crippen LogP contribution in [0.3, 0.4) is 0 Å². The van der Waals surface area contributed by atoms with E-state index in [1.54, 1.807) is 6.33 Å². The zero-order valence-electron chi connectivity index (χ0n) is 12.1. The molecule has 6 heteroatoms. The maximum absolute atomic E-state index is 10.4. The predicted molar refractivity (Wildman–Crippen MR) is 74.4 cm³/mol. The normalized spacial score (nSPS) is 28.5. The van der Waals surface area contributed by atoms with Crippen LogP contribution < -0.4 is 0 Å². The Balaban J connectivity index is 1.58. The summed E-state index contributed by atoms with van der Waals surface area (Å²) in [5.74, 6) is 0.853. The molecular formula is C14H24N4O2. The number of aryl methyl sites for hydroxylation is 1. The van der Waals surface area contributed by atoms with Gasteiger partial charge in [0.1, 0.15) is 12.2 Å². The highest BCUT2D eigenvalue weighted by Gasteiger charge is 2.35. The van der Waals surface area contributed by atoms with Gasteiger partial charge in [0.25, 0.3) is 0 Å². The van der Waals surface area contributed by atoms with Gasteiger partial charge in [0, 0.05) is 25.6 Å². The van der Waals surface area contributed by atoms with E-state index in [-0.39, 0.29) is 6.10 Å². The van der Waals surface area contributed by atoms with Crippen LogP contribution in [-0.2, 0) is 17.7 Å². The van der Waals surface area contributed by atoms with E-state index >= 15 is 0 Å². The number of morpholine rings is 1. The number of aliphatic hydroxyl groups excluding tert-OH is 1. The van der Waals surface area contributed by atoms with Crippen molar-refractivity contribution in [2.45, 2.75) is 57.4 Å². The van der Waals surface area contributed by atoms with Crippen LogP contribution in [-0.4, -0.2) is 62.7 Å². The Morgan fingerprint density at radius 2 is 2.45 bits per heavy atom. The molecule has 0 bridgehead atoms. The average Bonchev–Trinajstić information content (AvgIpc) is 3.07. The second-order valence-corrected chi connectivity index (χ2v) is 5.83. The Kier molecular flexibility index (Phi) is 4.33. The van der Waals surface area contributed by atoms with Crippen molar-refractivity contribution in [1.82, 2.24) is 19.7 Å². The van der Waals surface area contributed by atoms with E-state index in [0.29, 0.717) is 12.5 Å². The van der Waals surface area contributed by atoms with Crippen molar-refractivity contribution in [2.24, 2.45) is 0 Å². The van der Waals surface area contributed by atoms with Crippen molar-refractivity contribution in [1.29, 1.82) is 0 Å². The minimum atomic E-state index is -0.503. The lowest BCUT2D eigenvalue weighted by molar-refractivity contribution is -0.102. The highest BCUT2D eigenvalue weighted by molar-refractivity contribution is 4.93. The first-order valence-electron chi connectivity index (χ1n) is 7.68. The van der Waals surface area contributed by atoms with Gasteiger partial charge in [0.05, 0.1) is 18.8 Å². The SMILES string of the molecule is CCCn1ncnc1CC(O)C1CN2CCCC2CO1. The van der Waals surface area contributed by atoms with Crippen molar-refractivity contribution < 1.29 is 9.84 Å². The van der Waals surface area contributed by atoms with Gasteiger partial charge in [0.2, 0.25) is 0 Å². The molecular weight excluding hydrogens is 256 g/mol. The Morgan fingerprint density at radius 1 is 1.55 bits per heavy atom. The summed E-state index contributed by atoms with van der Waals surface area (Å²) in [6.07, 6.45) is 4.98. The van der Waals surface area contributed by atoms with E-state index in [2.05, 4.69) is 21.9 Å². The van der Waals surface area contributed by atoms with Crippen LogP contribution in [0, 0.1) is 0 Å². The van der Waals surface area contributed by atoms with Crippen LogP contribution in [0.25, 0.3) is 0 Å². The standard InChI is InChI=1S/C14H24N4O2/c1-2-5-18-14(15-10-16-18)7-12(19)13-8-17-6-3-4-11(17)9-20-13/h10-13,19H,2-9H2,1H3. The second-order valence-electron chi connectivity index (χ2n) is 5.83. The molecule has 3 unspecified atom stereocenters. The molecule has 2 aliphatic heterocycles. The third kappa shape index (κ3) is 2.87. The van der Waals surface area contributed by atoms with E-state index in [4.69, 9.17) is 4.74 Å². The summed E-state index contributed by atoms with van der Waals surface area (Å²) in [7, 11) is 0. The van der Waals surface area contributed by atoms with Gasteiger partial charge in [-0.05, 0) is 25.8 Å². The number of aliphatic hydroxyl groups is 1. The molecule has 3 heterocycles. The molecule has 0 aromatic carbocycles. The molecule has 1 N–H and O–H groups in total. The van der Waals surface area contributed by atoms with Crippen molar-refractivity contribution in [3.8, 4) is 0 Å². The maximum atomic E-state index is 10.4. The lowest BCUT2D eigenvalue weighted by Crippen LogP contribution is -2.51. The van der Waals surface area contributed by atoms with E-state index in [9.17, 15) is 5.11 Å². The fraction of sp³-hybridized carbons (Fsp3) is 0.857. The average molecular weight is 280 g/mol. The van der Waals surface area contributed by atoms with Crippen molar-refractivity contribution in [3.05, 3.63) is 12.2 Å². The van der Waals surface area contributed by atoms with Crippen LogP contribution >= 0.6 is 0 Å². The summed E-state index contributed by atoms with van der Waals surface area (Å²) in [4.78, 5) is 6.71. The Hall–Kier alpha value is -0.980. The predicted octanol–water partition coefficient (Wildman–Crippen LogP) is 0.455. The summed E-state index contributed by atoms with van der Waals surface area (Å²) < 4.78 is 7.73. The number of rotatable bonds is 5. The largest absolute Gasteiger partial charge is 0.390 e. The Bertz CT molecular complexity index is 437. The fourth-order valence-electron chi connectivity index (χ4n) is 3.24. The zero-order valence-corrected chi connectivity index (χ0v) is 12.1. The number of fused-ring (bicyclic) bond motifs is 1. The van der Waals surface area contributed by atoms with Gasteiger partial charge in [-0.25, -0.2) is 4.98 Å². The van der Waals surface area contributed by atoms with E-state index in [1.807, 2.05) is 4.68 Å². The molecule has 3 atom stereocenters. The number of hydrogen-bond donors (Lipinski definition) is 1. The van der Waals surface area contributed by atoms with Crippen LogP contribution in [0.15, 0.2) is 6.33 Å². The summed E-state index contributed by atoms with van der Waals surface area (Å²) in [5.41, 5.74) is 0. The number of ether oxygens (including phenoxy) is 1.